The van der Waals surface area contributed by atoms with Gasteiger partial charge in [-0.1, -0.05) is 54.1 Å². The Morgan fingerprint density at radius 1 is 0.900 bits per heavy atom. The average molecular weight is 678 g/mol. The predicted octanol–water partition coefficient (Wildman–Crippen LogP) is 5.55. The molecule has 0 bridgehead atoms. The van der Waals surface area contributed by atoms with E-state index in [9.17, 15) is 29.1 Å². The van der Waals surface area contributed by atoms with Crippen LogP contribution in [-0.4, -0.2) is 78.4 Å². The summed E-state index contributed by atoms with van der Waals surface area (Å²) in [6.07, 6.45) is -0.277. The van der Waals surface area contributed by atoms with Crippen LogP contribution in [-0.2, 0) is 26.3 Å². The highest BCUT2D eigenvalue weighted by Crippen LogP contribution is 2.39. The number of amides is 3. The molecular formula is C39H39N3O8. The summed E-state index contributed by atoms with van der Waals surface area (Å²) in [4.78, 5) is 67.9. The molecule has 5 rings (SSSR count). The van der Waals surface area contributed by atoms with Gasteiger partial charge in [0.25, 0.3) is 17.7 Å². The van der Waals surface area contributed by atoms with Crippen LogP contribution < -0.4 is 10.1 Å². The van der Waals surface area contributed by atoms with Crippen molar-refractivity contribution in [2.75, 3.05) is 33.1 Å². The number of hydrogen-bond acceptors (Lipinski definition) is 7. The van der Waals surface area contributed by atoms with E-state index in [-0.39, 0.29) is 34.9 Å². The van der Waals surface area contributed by atoms with Crippen molar-refractivity contribution in [3.05, 3.63) is 118 Å². The van der Waals surface area contributed by atoms with Crippen molar-refractivity contribution in [1.82, 2.24) is 9.80 Å². The Morgan fingerprint density at radius 3 is 2.26 bits per heavy atom. The predicted molar refractivity (Wildman–Crippen MR) is 187 cm³/mol. The molecule has 1 heterocycles. The molecule has 0 saturated carbocycles. The molecule has 0 aliphatic carbocycles. The first-order valence-electron chi connectivity index (χ1n) is 16.0. The van der Waals surface area contributed by atoms with Gasteiger partial charge in [0, 0.05) is 37.8 Å². The van der Waals surface area contributed by atoms with Crippen LogP contribution in [0.15, 0.2) is 84.9 Å². The van der Waals surface area contributed by atoms with Crippen LogP contribution >= 0.6 is 0 Å². The molecule has 3 amide bonds. The van der Waals surface area contributed by atoms with Gasteiger partial charge in [0.15, 0.2) is 0 Å². The Morgan fingerprint density at radius 2 is 1.60 bits per heavy atom. The van der Waals surface area contributed by atoms with Crippen LogP contribution in [0, 0.1) is 6.92 Å². The number of esters is 1. The third-order valence-electron chi connectivity index (χ3n) is 8.55. The Balaban J connectivity index is 1.37. The summed E-state index contributed by atoms with van der Waals surface area (Å²) >= 11 is 0. The van der Waals surface area contributed by atoms with Crippen molar-refractivity contribution in [3.8, 4) is 16.9 Å². The van der Waals surface area contributed by atoms with E-state index in [1.165, 1.54) is 30.1 Å². The first kappa shape index (κ1) is 35.3. The van der Waals surface area contributed by atoms with Crippen LogP contribution in [0.3, 0.4) is 0 Å². The van der Waals surface area contributed by atoms with Crippen LogP contribution in [0.1, 0.15) is 61.6 Å². The maximum atomic E-state index is 13.8. The van der Waals surface area contributed by atoms with Crippen LogP contribution in [0.2, 0.25) is 0 Å². The number of anilines is 1. The van der Waals surface area contributed by atoms with Crippen LogP contribution in [0.5, 0.6) is 5.75 Å². The summed E-state index contributed by atoms with van der Waals surface area (Å²) in [6.45, 7) is 5.22. The smallest absolute Gasteiger partial charge is 0.338 e. The van der Waals surface area contributed by atoms with E-state index in [0.717, 1.165) is 16.0 Å². The van der Waals surface area contributed by atoms with Crippen molar-refractivity contribution in [1.29, 1.82) is 0 Å². The Labute approximate surface area is 290 Å². The van der Waals surface area contributed by atoms with Crippen molar-refractivity contribution >= 4 is 35.3 Å². The number of carbonyl (C=O) groups is 5. The highest BCUT2D eigenvalue weighted by molar-refractivity contribution is 6.12. The first-order chi connectivity index (χ1) is 23.7. The lowest BCUT2D eigenvalue weighted by Gasteiger charge is -2.32. The van der Waals surface area contributed by atoms with Crippen molar-refractivity contribution in [2.24, 2.45) is 0 Å². The summed E-state index contributed by atoms with van der Waals surface area (Å²) < 4.78 is 11.2. The van der Waals surface area contributed by atoms with E-state index in [4.69, 9.17) is 9.47 Å². The molecule has 4 aromatic rings. The van der Waals surface area contributed by atoms with Crippen LogP contribution in [0.4, 0.5) is 5.69 Å². The van der Waals surface area contributed by atoms with Gasteiger partial charge in [-0.3, -0.25) is 19.2 Å². The maximum Gasteiger partial charge on any atom is 0.338 e. The molecule has 11 heteroatoms. The third kappa shape index (κ3) is 6.93. The fraction of sp³-hybridized carbons (Fsp3) is 0.256. The van der Waals surface area contributed by atoms with Gasteiger partial charge in [-0.15, -0.1) is 0 Å². The molecule has 1 aliphatic rings. The lowest BCUT2D eigenvalue weighted by Crippen LogP contribution is -2.51. The number of likely N-dealkylation sites (N-methyl/N-ethyl adjacent to an activating group) is 1. The number of carboxylic acid groups (broad SMARTS) is 1. The molecule has 4 aromatic carbocycles. The van der Waals surface area contributed by atoms with Gasteiger partial charge < -0.3 is 29.7 Å². The van der Waals surface area contributed by atoms with Gasteiger partial charge in [0.05, 0.1) is 23.8 Å². The lowest BCUT2D eigenvalue weighted by atomic mass is 9.90. The second kappa shape index (κ2) is 14.3. The topological polar surface area (TPSA) is 143 Å². The number of carbonyl (C=O) groups excluding carboxylic acids is 4. The molecule has 0 fully saturated rings. The minimum Gasteiger partial charge on any atom is -0.491 e. The van der Waals surface area contributed by atoms with E-state index in [1.54, 1.807) is 44.4 Å². The number of nitrogens with zero attached hydrogens (tertiary/aromatic N) is 2. The molecule has 1 aliphatic heterocycles. The van der Waals surface area contributed by atoms with Gasteiger partial charge in [-0.25, -0.2) is 4.79 Å². The van der Waals surface area contributed by atoms with Gasteiger partial charge in [0.1, 0.15) is 12.4 Å². The zero-order chi connectivity index (χ0) is 36.3. The zero-order valence-corrected chi connectivity index (χ0v) is 28.8. The highest BCUT2D eigenvalue weighted by Gasteiger charge is 2.54. The molecule has 11 nitrogen and oxygen atoms in total. The molecular weight excluding hydrogens is 638 g/mol. The second-order valence-electron chi connectivity index (χ2n) is 12.7. The van der Waals surface area contributed by atoms with Crippen molar-refractivity contribution < 1.29 is 38.6 Å². The monoisotopic (exact) mass is 677 g/mol. The molecule has 50 heavy (non-hydrogen) atoms. The maximum absolute atomic E-state index is 13.8. The van der Waals surface area contributed by atoms with Crippen LogP contribution in [0.25, 0.3) is 11.1 Å². The average Bonchev–Trinajstić information content (AvgIpc) is 3.30. The first-order valence-corrected chi connectivity index (χ1v) is 16.0. The number of aryl methyl sites for hydroxylation is 1. The number of aliphatic carboxylic acids is 1. The fourth-order valence-electron chi connectivity index (χ4n) is 5.96. The van der Waals surface area contributed by atoms with Gasteiger partial charge in [-0.2, -0.15) is 0 Å². The van der Waals surface area contributed by atoms with E-state index >= 15 is 0 Å². The normalized spacial score (nSPS) is 15.0. The Bertz CT molecular complexity index is 1990. The van der Waals surface area contributed by atoms with Crippen molar-refractivity contribution in [2.45, 2.75) is 38.8 Å². The number of benzene rings is 4. The SMILES string of the molecule is Cc1ccc(C(=O)Nc2ccc(CC(=O)OC[C@@]3(C(=O)O)c4ccccc4C(=O)N3C)cc2C(=O)N(C)C)c(-c2ccc(OC(C)C)cc2)c1. The zero-order valence-electron chi connectivity index (χ0n) is 28.8. The lowest BCUT2D eigenvalue weighted by molar-refractivity contribution is -0.159. The minimum absolute atomic E-state index is 0.0189. The highest BCUT2D eigenvalue weighted by atomic mass is 16.5. The molecule has 0 spiro atoms. The standard InChI is InChI=1S/C39H39N3O8/c1-23(2)50-27-15-13-26(14-16-27)30-19-24(3)11-17-28(30)35(44)40-33-18-12-25(20-31(33)36(45)41(4)5)21-34(43)49-22-39(38(47)48)32-10-8-7-9-29(32)37(46)42(39)6/h7-20,23H,21-22H2,1-6H3,(H,40,44)(H,47,48)/t39-/m0/s1. The van der Waals surface area contributed by atoms with E-state index in [0.29, 0.717) is 22.4 Å². The quantitative estimate of drug-likeness (QED) is 0.197. The number of carboxylic acids is 1. The minimum atomic E-state index is -1.89. The fourth-order valence-corrected chi connectivity index (χ4v) is 5.96. The summed E-state index contributed by atoms with van der Waals surface area (Å²) in [5, 5.41) is 13.1. The van der Waals surface area contributed by atoms with Gasteiger partial charge in [0.2, 0.25) is 5.54 Å². The summed E-state index contributed by atoms with van der Waals surface area (Å²) in [6, 6.07) is 23.9. The Hall–Kier alpha value is -5.97. The molecule has 0 aromatic heterocycles. The summed E-state index contributed by atoms with van der Waals surface area (Å²) in [5.74, 6) is -2.71. The van der Waals surface area contributed by atoms with E-state index < -0.39 is 41.8 Å². The summed E-state index contributed by atoms with van der Waals surface area (Å²) in [7, 11) is 4.50. The van der Waals surface area contributed by atoms with Gasteiger partial charge >= 0.3 is 11.9 Å². The van der Waals surface area contributed by atoms with E-state index in [2.05, 4.69) is 5.32 Å². The number of hydrogen-bond donors (Lipinski definition) is 2. The molecule has 0 saturated heterocycles. The summed E-state index contributed by atoms with van der Waals surface area (Å²) in [5.41, 5.74) is 2.24. The largest absolute Gasteiger partial charge is 0.491 e. The van der Waals surface area contributed by atoms with Gasteiger partial charge in [-0.05, 0) is 73.9 Å². The molecule has 0 unspecified atom stereocenters. The number of nitrogens with one attached hydrogen (secondary N) is 1. The molecule has 258 valence electrons. The van der Waals surface area contributed by atoms with E-state index in [1.807, 2.05) is 57.2 Å². The molecule has 1 atom stereocenters. The van der Waals surface area contributed by atoms with Crippen molar-refractivity contribution in [3.63, 3.8) is 0 Å². The molecule has 2 N–H and O–H groups in total. The number of rotatable bonds is 11. The number of fused-ring (bicyclic) bond motifs is 1. The Kier molecular flexibility index (Phi) is 10.1. The second-order valence-corrected chi connectivity index (χ2v) is 12.7. The third-order valence-corrected chi connectivity index (χ3v) is 8.55. The number of ether oxygens (including phenoxy) is 2. The molecule has 0 radical (unpaired) electrons.